The first-order chi connectivity index (χ1) is 8.57. The van der Waals surface area contributed by atoms with E-state index in [9.17, 15) is 9.59 Å². The van der Waals surface area contributed by atoms with Crippen molar-refractivity contribution in [3.8, 4) is 0 Å². The summed E-state index contributed by atoms with van der Waals surface area (Å²) < 4.78 is 0. The molecular weight excluding hydrogens is 228 g/mol. The normalized spacial score (nSPS) is 14.3. The van der Waals surface area contributed by atoms with Gasteiger partial charge in [-0.2, -0.15) is 0 Å². The predicted molar refractivity (Wildman–Crippen MR) is 71.1 cm³/mol. The van der Waals surface area contributed by atoms with Gasteiger partial charge in [0, 0.05) is 13.1 Å². The minimum Gasteiger partial charge on any atom is -0.315 e. The average Bonchev–Trinajstić information content (AvgIpc) is 2.60. The number of rotatable bonds is 4. The standard InChI is InChI=1S/C14H18N2O2/c1-4-15-7-8-16-12-10(3)9(2)5-6-11(12)13(17)14(16)18/h5-6,15H,4,7-8H2,1-3H3. The third-order valence-corrected chi connectivity index (χ3v) is 3.42. The molecule has 4 heteroatoms. The van der Waals surface area contributed by atoms with Gasteiger partial charge >= 0.3 is 0 Å². The molecule has 18 heavy (non-hydrogen) atoms. The molecule has 0 bridgehead atoms. The van der Waals surface area contributed by atoms with Gasteiger partial charge in [0.1, 0.15) is 0 Å². The summed E-state index contributed by atoms with van der Waals surface area (Å²) in [4.78, 5) is 25.5. The van der Waals surface area contributed by atoms with Crippen molar-refractivity contribution in [2.24, 2.45) is 0 Å². The van der Waals surface area contributed by atoms with Crippen LogP contribution in [0.5, 0.6) is 0 Å². The van der Waals surface area contributed by atoms with Gasteiger partial charge < -0.3 is 10.2 Å². The highest BCUT2D eigenvalue weighted by atomic mass is 16.2. The van der Waals surface area contributed by atoms with Gasteiger partial charge in [-0.25, -0.2) is 0 Å². The highest BCUT2D eigenvalue weighted by molar-refractivity contribution is 6.52. The number of hydrogen-bond acceptors (Lipinski definition) is 3. The van der Waals surface area contributed by atoms with E-state index in [2.05, 4.69) is 5.32 Å². The SMILES string of the molecule is CCNCCN1C(=O)C(=O)c2ccc(C)c(C)c21. The Balaban J connectivity index is 2.37. The van der Waals surface area contributed by atoms with Gasteiger partial charge in [-0.3, -0.25) is 9.59 Å². The second-order valence-corrected chi connectivity index (χ2v) is 4.54. The number of fused-ring (bicyclic) bond motifs is 1. The highest BCUT2D eigenvalue weighted by Crippen LogP contribution is 2.33. The molecule has 0 atom stereocenters. The fourth-order valence-corrected chi connectivity index (χ4v) is 2.25. The quantitative estimate of drug-likeness (QED) is 0.646. The van der Waals surface area contributed by atoms with E-state index in [1.54, 1.807) is 11.0 Å². The number of ketones is 1. The molecule has 1 aromatic rings. The number of nitrogens with one attached hydrogen (secondary N) is 1. The zero-order valence-electron chi connectivity index (χ0n) is 11.0. The van der Waals surface area contributed by atoms with Crippen LogP contribution in [0, 0.1) is 13.8 Å². The minimum atomic E-state index is -0.406. The number of carbonyl (C=O) groups excluding carboxylic acids is 2. The molecule has 0 fully saturated rings. The van der Waals surface area contributed by atoms with Gasteiger partial charge in [0.2, 0.25) is 0 Å². The molecule has 0 unspecified atom stereocenters. The summed E-state index contributed by atoms with van der Waals surface area (Å²) in [5.41, 5.74) is 3.45. The van der Waals surface area contributed by atoms with Crippen LogP contribution in [0.25, 0.3) is 0 Å². The first kappa shape index (κ1) is 12.8. The van der Waals surface area contributed by atoms with E-state index in [1.807, 2.05) is 26.8 Å². The predicted octanol–water partition coefficient (Wildman–Crippen LogP) is 1.44. The van der Waals surface area contributed by atoms with Crippen LogP contribution in [-0.2, 0) is 4.79 Å². The maximum atomic E-state index is 12.0. The van der Waals surface area contributed by atoms with Crippen LogP contribution >= 0.6 is 0 Å². The Kier molecular flexibility index (Phi) is 3.48. The molecule has 1 aromatic carbocycles. The molecule has 1 aliphatic heterocycles. The minimum absolute atomic E-state index is 0.385. The van der Waals surface area contributed by atoms with Crippen LogP contribution in [0.3, 0.4) is 0 Å². The lowest BCUT2D eigenvalue weighted by molar-refractivity contribution is -0.114. The fourth-order valence-electron chi connectivity index (χ4n) is 2.25. The molecule has 1 N–H and O–H groups in total. The van der Waals surface area contributed by atoms with Crippen LogP contribution in [0.15, 0.2) is 12.1 Å². The van der Waals surface area contributed by atoms with Gasteiger partial charge in [-0.15, -0.1) is 0 Å². The summed E-state index contributed by atoms with van der Waals surface area (Å²) in [6.45, 7) is 8.06. The van der Waals surface area contributed by atoms with Gasteiger partial charge in [0.25, 0.3) is 11.7 Å². The van der Waals surface area contributed by atoms with Crippen molar-refractivity contribution in [2.75, 3.05) is 24.5 Å². The molecule has 0 aromatic heterocycles. The summed E-state index contributed by atoms with van der Waals surface area (Å²) in [5, 5.41) is 3.17. The van der Waals surface area contributed by atoms with Crippen LogP contribution in [0.4, 0.5) is 5.69 Å². The van der Waals surface area contributed by atoms with E-state index in [0.29, 0.717) is 18.7 Å². The van der Waals surface area contributed by atoms with Crippen molar-refractivity contribution in [1.82, 2.24) is 5.32 Å². The molecular formula is C14H18N2O2. The number of amides is 1. The number of Topliss-reactive ketones (excluding diaryl/α,β-unsaturated/α-hetero) is 1. The highest BCUT2D eigenvalue weighted by Gasteiger charge is 2.36. The van der Waals surface area contributed by atoms with E-state index < -0.39 is 5.91 Å². The van der Waals surface area contributed by atoms with Crippen molar-refractivity contribution >= 4 is 17.4 Å². The third kappa shape index (κ3) is 1.93. The van der Waals surface area contributed by atoms with E-state index in [1.165, 1.54) is 0 Å². The molecule has 0 saturated heterocycles. The van der Waals surface area contributed by atoms with E-state index in [0.717, 1.165) is 23.4 Å². The maximum absolute atomic E-state index is 12.0. The van der Waals surface area contributed by atoms with Crippen molar-refractivity contribution in [2.45, 2.75) is 20.8 Å². The molecule has 1 amide bonds. The Morgan fingerprint density at radius 2 is 1.94 bits per heavy atom. The Morgan fingerprint density at radius 1 is 1.22 bits per heavy atom. The molecule has 0 aliphatic carbocycles. The third-order valence-electron chi connectivity index (χ3n) is 3.42. The molecule has 1 aliphatic rings. The lowest BCUT2D eigenvalue weighted by atomic mass is 10.0. The number of nitrogens with zero attached hydrogens (tertiary/aromatic N) is 1. The zero-order chi connectivity index (χ0) is 13.3. The lowest BCUT2D eigenvalue weighted by Gasteiger charge is -2.19. The van der Waals surface area contributed by atoms with Crippen molar-refractivity contribution in [1.29, 1.82) is 0 Å². The second-order valence-electron chi connectivity index (χ2n) is 4.54. The largest absolute Gasteiger partial charge is 0.315 e. The molecule has 96 valence electrons. The first-order valence-electron chi connectivity index (χ1n) is 6.25. The van der Waals surface area contributed by atoms with Gasteiger partial charge in [-0.1, -0.05) is 13.0 Å². The Labute approximate surface area is 107 Å². The van der Waals surface area contributed by atoms with E-state index >= 15 is 0 Å². The molecule has 0 saturated carbocycles. The van der Waals surface area contributed by atoms with Crippen LogP contribution in [-0.4, -0.2) is 31.3 Å². The van der Waals surface area contributed by atoms with Crippen LogP contribution < -0.4 is 10.2 Å². The van der Waals surface area contributed by atoms with E-state index in [4.69, 9.17) is 0 Å². The number of benzene rings is 1. The van der Waals surface area contributed by atoms with Gasteiger partial charge in [0.05, 0.1) is 11.3 Å². The van der Waals surface area contributed by atoms with E-state index in [-0.39, 0.29) is 5.78 Å². The van der Waals surface area contributed by atoms with Crippen molar-refractivity contribution in [3.05, 3.63) is 28.8 Å². The maximum Gasteiger partial charge on any atom is 0.299 e. The number of carbonyl (C=O) groups is 2. The van der Waals surface area contributed by atoms with Crippen molar-refractivity contribution < 1.29 is 9.59 Å². The zero-order valence-corrected chi connectivity index (χ0v) is 11.0. The molecule has 2 rings (SSSR count). The van der Waals surface area contributed by atoms with Crippen molar-refractivity contribution in [3.63, 3.8) is 0 Å². The lowest BCUT2D eigenvalue weighted by Crippen LogP contribution is -2.36. The summed E-state index contributed by atoms with van der Waals surface area (Å²) in [7, 11) is 0. The van der Waals surface area contributed by atoms with Gasteiger partial charge in [0.15, 0.2) is 0 Å². The number of anilines is 1. The van der Waals surface area contributed by atoms with Gasteiger partial charge in [-0.05, 0) is 37.6 Å². The number of aryl methyl sites for hydroxylation is 1. The average molecular weight is 246 g/mol. The summed E-state index contributed by atoms with van der Waals surface area (Å²) in [5.74, 6) is -0.791. The number of hydrogen-bond donors (Lipinski definition) is 1. The fraction of sp³-hybridized carbons (Fsp3) is 0.429. The molecule has 0 radical (unpaired) electrons. The Morgan fingerprint density at radius 3 is 2.61 bits per heavy atom. The molecule has 4 nitrogen and oxygen atoms in total. The second kappa shape index (κ2) is 4.90. The summed E-state index contributed by atoms with van der Waals surface area (Å²) >= 11 is 0. The monoisotopic (exact) mass is 246 g/mol. The Hall–Kier alpha value is -1.68. The molecule has 1 heterocycles. The van der Waals surface area contributed by atoms with Crippen LogP contribution in [0.1, 0.15) is 28.4 Å². The smallest absolute Gasteiger partial charge is 0.299 e. The first-order valence-corrected chi connectivity index (χ1v) is 6.25. The van der Waals surface area contributed by atoms with Crippen LogP contribution in [0.2, 0.25) is 0 Å². The Bertz CT molecular complexity index is 509. The summed E-state index contributed by atoms with van der Waals surface area (Å²) in [6.07, 6.45) is 0. The molecule has 0 spiro atoms. The topological polar surface area (TPSA) is 49.4 Å². The number of likely N-dealkylation sites (N-methyl/N-ethyl adjacent to an activating group) is 1. The summed E-state index contributed by atoms with van der Waals surface area (Å²) in [6, 6.07) is 3.65.